The first-order valence-corrected chi connectivity index (χ1v) is 16.0. The Bertz CT molecular complexity index is 2050. The van der Waals surface area contributed by atoms with Crippen molar-refractivity contribution in [3.05, 3.63) is 81.1 Å². The van der Waals surface area contributed by atoms with E-state index in [2.05, 4.69) is 20.4 Å². The highest BCUT2D eigenvalue weighted by molar-refractivity contribution is 5.95. The van der Waals surface area contributed by atoms with E-state index in [1.54, 1.807) is 16.4 Å². The van der Waals surface area contributed by atoms with Crippen LogP contribution in [0.4, 0.5) is 18.9 Å². The Morgan fingerprint density at radius 2 is 1.84 bits per heavy atom. The highest BCUT2D eigenvalue weighted by Crippen LogP contribution is 2.44. The van der Waals surface area contributed by atoms with Gasteiger partial charge >= 0.3 is 6.18 Å². The summed E-state index contributed by atoms with van der Waals surface area (Å²) in [6.45, 7) is 2.79. The van der Waals surface area contributed by atoms with Crippen molar-refractivity contribution >= 4 is 28.9 Å². The Hall–Kier alpha value is -5.12. The van der Waals surface area contributed by atoms with Gasteiger partial charge in [-0.25, -0.2) is 9.97 Å². The van der Waals surface area contributed by atoms with Gasteiger partial charge in [0.1, 0.15) is 12.9 Å². The number of hydrogen-bond donors (Lipinski definition) is 2. The van der Waals surface area contributed by atoms with Gasteiger partial charge < -0.3 is 24.6 Å². The van der Waals surface area contributed by atoms with Gasteiger partial charge in [-0.2, -0.15) is 22.7 Å². The average molecular weight is 679 g/mol. The maximum absolute atomic E-state index is 14.4. The van der Waals surface area contributed by atoms with E-state index in [-0.39, 0.29) is 35.0 Å². The van der Waals surface area contributed by atoms with Crippen molar-refractivity contribution in [1.29, 1.82) is 0 Å². The van der Waals surface area contributed by atoms with Crippen LogP contribution in [0.5, 0.6) is 5.75 Å². The molecule has 1 fully saturated rings. The van der Waals surface area contributed by atoms with E-state index < -0.39 is 29.0 Å². The van der Waals surface area contributed by atoms with E-state index in [1.165, 1.54) is 23.0 Å². The van der Waals surface area contributed by atoms with Gasteiger partial charge in [-0.15, -0.1) is 5.10 Å². The number of nitrogens with zero attached hydrogens (tertiary/aromatic N) is 7. The zero-order valence-corrected chi connectivity index (χ0v) is 26.6. The second-order valence-electron chi connectivity index (χ2n) is 12.6. The molecule has 1 aliphatic carbocycles. The molecule has 256 valence electrons. The van der Waals surface area contributed by atoms with Crippen LogP contribution >= 0.6 is 0 Å². The van der Waals surface area contributed by atoms with Crippen LogP contribution in [0.25, 0.3) is 11.4 Å². The molecule has 2 aliphatic heterocycles. The molecule has 3 aliphatic rings. The summed E-state index contributed by atoms with van der Waals surface area (Å²) in [6.07, 6.45) is 1.93. The molecule has 2 N–H and O–H groups in total. The number of fused-ring (bicyclic) bond motifs is 3. The largest absolute Gasteiger partial charge is 0.504 e. The summed E-state index contributed by atoms with van der Waals surface area (Å²) in [6, 6.07) is 4.18. The second kappa shape index (κ2) is 12.4. The van der Waals surface area contributed by atoms with E-state index in [9.17, 15) is 32.7 Å². The Balaban J connectivity index is 1.25. The van der Waals surface area contributed by atoms with Crippen LogP contribution in [-0.4, -0.2) is 77.3 Å². The maximum Gasteiger partial charge on any atom is 0.416 e. The molecule has 1 saturated heterocycles. The number of benzene rings is 1. The molecule has 0 saturated carbocycles. The summed E-state index contributed by atoms with van der Waals surface area (Å²) in [7, 11) is 0. The molecule has 16 heteroatoms. The molecular weight excluding hydrogens is 645 g/mol. The molecule has 5 heterocycles. The predicted molar refractivity (Wildman–Crippen MR) is 169 cm³/mol. The molecule has 2 amide bonds. The fraction of sp³-hybridized carbons (Fsp3) is 0.424. The Labute approximate surface area is 277 Å². The lowest BCUT2D eigenvalue weighted by Crippen LogP contribution is -2.50. The summed E-state index contributed by atoms with van der Waals surface area (Å²) in [5, 5.41) is 17.7. The summed E-state index contributed by atoms with van der Waals surface area (Å²) < 4.78 is 47.6. The molecule has 4 aromatic rings. The number of anilines is 1. The number of aryl methyl sites for hydroxylation is 1. The quantitative estimate of drug-likeness (QED) is 0.322. The number of rotatable bonds is 5. The van der Waals surface area contributed by atoms with Gasteiger partial charge in [0.25, 0.3) is 11.5 Å². The lowest BCUT2D eigenvalue weighted by atomic mass is 9.66. The molecule has 1 spiro atoms. The van der Waals surface area contributed by atoms with Crippen molar-refractivity contribution in [3.63, 3.8) is 0 Å². The first-order chi connectivity index (χ1) is 23.4. The zero-order chi connectivity index (χ0) is 34.5. The molecule has 49 heavy (non-hydrogen) atoms. The van der Waals surface area contributed by atoms with Crippen LogP contribution in [0, 0.1) is 6.92 Å². The molecule has 0 bridgehead atoms. The minimum atomic E-state index is -4.51. The maximum atomic E-state index is 14.4. The van der Waals surface area contributed by atoms with Gasteiger partial charge in [0.15, 0.2) is 17.3 Å². The molecule has 1 aromatic carbocycles. The van der Waals surface area contributed by atoms with Gasteiger partial charge in [0, 0.05) is 35.4 Å². The number of aromatic hydroxyl groups is 1. The fourth-order valence-corrected chi connectivity index (χ4v) is 7.14. The Kier molecular flexibility index (Phi) is 8.21. The molecular formula is C33H33F3N8O5. The minimum absolute atomic E-state index is 0.0758. The number of aromatic nitrogens is 6. The van der Waals surface area contributed by atoms with Crippen molar-refractivity contribution < 1.29 is 32.6 Å². The van der Waals surface area contributed by atoms with E-state index in [1.807, 2.05) is 6.08 Å². The normalized spacial score (nSPS) is 17.6. The van der Waals surface area contributed by atoms with E-state index in [4.69, 9.17) is 9.72 Å². The molecule has 13 nitrogen and oxygen atoms in total. The Morgan fingerprint density at radius 3 is 2.53 bits per heavy atom. The number of piperidine rings is 1. The third-order valence-corrected chi connectivity index (χ3v) is 9.72. The van der Waals surface area contributed by atoms with Crippen molar-refractivity contribution in [1.82, 2.24) is 34.0 Å². The number of ether oxygens (including phenoxy) is 1. The topological polar surface area (TPSA) is 157 Å². The van der Waals surface area contributed by atoms with Gasteiger partial charge in [0.05, 0.1) is 24.5 Å². The smallest absolute Gasteiger partial charge is 0.416 e. The number of amides is 2. The molecule has 3 aromatic heterocycles. The van der Waals surface area contributed by atoms with Crippen LogP contribution in [-0.2, 0) is 34.1 Å². The molecule has 0 atom stereocenters. The van der Waals surface area contributed by atoms with Crippen molar-refractivity contribution in [2.45, 2.75) is 63.6 Å². The summed E-state index contributed by atoms with van der Waals surface area (Å²) in [4.78, 5) is 55.5. The van der Waals surface area contributed by atoms with Crippen molar-refractivity contribution in [2.24, 2.45) is 0 Å². The number of carbonyl (C=O) groups excluding carboxylic acids is 2. The first kappa shape index (κ1) is 32.4. The Morgan fingerprint density at radius 1 is 1.08 bits per heavy atom. The molecule has 0 unspecified atom stereocenters. The lowest BCUT2D eigenvalue weighted by molar-refractivity contribution is -0.137. The lowest BCUT2D eigenvalue weighted by Gasteiger charge is -2.45. The van der Waals surface area contributed by atoms with Crippen LogP contribution in [0.15, 0.2) is 41.5 Å². The first-order valence-electron chi connectivity index (χ1n) is 16.0. The van der Waals surface area contributed by atoms with Crippen LogP contribution in [0.1, 0.15) is 70.9 Å². The van der Waals surface area contributed by atoms with Gasteiger partial charge in [-0.3, -0.25) is 14.4 Å². The summed E-state index contributed by atoms with van der Waals surface area (Å²) >= 11 is 0. The zero-order valence-electron chi connectivity index (χ0n) is 26.6. The minimum Gasteiger partial charge on any atom is -0.504 e. The predicted octanol–water partition coefficient (Wildman–Crippen LogP) is 3.67. The summed E-state index contributed by atoms with van der Waals surface area (Å²) in [5.41, 5.74) is 0.622. The number of halogens is 3. The van der Waals surface area contributed by atoms with E-state index in [0.29, 0.717) is 87.6 Å². The molecule has 0 radical (unpaired) electrons. The number of carbonyl (C=O) groups is 2. The fourth-order valence-electron chi connectivity index (χ4n) is 7.14. The number of nitrogens with one attached hydrogen (secondary N) is 1. The monoisotopic (exact) mass is 678 g/mol. The number of alkyl halides is 3. The van der Waals surface area contributed by atoms with Gasteiger partial charge in [-0.05, 0) is 75.3 Å². The third-order valence-electron chi connectivity index (χ3n) is 9.72. The second-order valence-corrected chi connectivity index (χ2v) is 12.6. The van der Waals surface area contributed by atoms with E-state index >= 15 is 0 Å². The number of likely N-dealkylation sites (tertiary alicyclic amines) is 1. The number of hydrogen-bond acceptors (Lipinski definition) is 9. The molecule has 7 rings (SSSR count). The van der Waals surface area contributed by atoms with Crippen LogP contribution in [0.3, 0.4) is 0 Å². The van der Waals surface area contributed by atoms with Gasteiger partial charge in [0.2, 0.25) is 11.7 Å². The van der Waals surface area contributed by atoms with Crippen molar-refractivity contribution in [3.8, 4) is 5.75 Å². The highest BCUT2D eigenvalue weighted by atomic mass is 19.4. The average Bonchev–Trinajstić information content (AvgIpc) is 3.54. The van der Waals surface area contributed by atoms with E-state index in [0.717, 1.165) is 17.7 Å². The van der Waals surface area contributed by atoms with Crippen LogP contribution < -0.4 is 10.9 Å². The standard InChI is InChI=1S/C33H33F3N8O5/c1-19-27(46)26(38-18-37-19)30(48)42-13-11-32(12-14-42)10-2-3-23-25(32)29(47)44-31(40-28(41-44)20-8-15-49-16-9-20)43(23)17-24(45)39-22-6-4-21(5-7-22)33(34,35)36/h4-8,18,46H,2-3,9-17H2,1H3,(H,39,45). The van der Waals surface area contributed by atoms with Crippen molar-refractivity contribution in [2.75, 3.05) is 31.6 Å². The van der Waals surface area contributed by atoms with Gasteiger partial charge in [-0.1, -0.05) is 6.08 Å². The highest BCUT2D eigenvalue weighted by Gasteiger charge is 2.45. The third kappa shape index (κ3) is 5.94. The summed E-state index contributed by atoms with van der Waals surface area (Å²) in [5.74, 6) is -0.658. The van der Waals surface area contributed by atoms with Crippen LogP contribution in [0.2, 0.25) is 0 Å². The SMILES string of the molecule is Cc1ncnc(C(=O)N2CCC3(CCCc4c3c(=O)n3nc(C5=CCOCC5)nc3n4CC(=O)Nc3ccc(C(F)(F)F)cc3)CC2)c1O.